The highest BCUT2D eigenvalue weighted by Crippen LogP contribution is 2.18. The molecule has 0 saturated carbocycles. The van der Waals surface area contributed by atoms with Gasteiger partial charge in [0, 0.05) is 18.0 Å². The number of hydrogen-bond donors (Lipinski definition) is 1. The van der Waals surface area contributed by atoms with Gasteiger partial charge >= 0.3 is 0 Å². The van der Waals surface area contributed by atoms with Gasteiger partial charge in [0.2, 0.25) is 11.8 Å². The highest BCUT2D eigenvalue weighted by Gasteiger charge is 2.30. The van der Waals surface area contributed by atoms with Crippen molar-refractivity contribution in [2.24, 2.45) is 0 Å². The third kappa shape index (κ3) is 7.06. The molecule has 3 aromatic carbocycles. The molecule has 2 amide bonds. The summed E-state index contributed by atoms with van der Waals surface area (Å²) in [5.41, 5.74) is 2.42. The minimum absolute atomic E-state index is 0.0924. The van der Waals surface area contributed by atoms with Crippen LogP contribution in [0.15, 0.2) is 102 Å². The summed E-state index contributed by atoms with van der Waals surface area (Å²) in [4.78, 5) is 28.7. The maximum atomic E-state index is 13.7. The van der Waals surface area contributed by atoms with Crippen molar-refractivity contribution in [2.45, 2.75) is 32.0 Å². The van der Waals surface area contributed by atoms with E-state index in [9.17, 15) is 14.0 Å². The molecule has 184 valence electrons. The Kier molecular flexibility index (Phi) is 8.53. The first-order valence-corrected chi connectivity index (χ1v) is 12.0. The lowest BCUT2D eigenvalue weighted by molar-refractivity contribution is -0.140. The quantitative estimate of drug-likeness (QED) is 0.307. The summed E-state index contributed by atoms with van der Waals surface area (Å²) >= 11 is 6.00. The Balaban J connectivity index is 1.64. The Morgan fingerprint density at radius 3 is 2.22 bits per heavy atom. The molecule has 4 aromatic rings. The van der Waals surface area contributed by atoms with Gasteiger partial charge in [-0.1, -0.05) is 66.2 Å². The average molecular weight is 505 g/mol. The molecular weight excluding hydrogens is 479 g/mol. The molecule has 1 atom stereocenters. The molecule has 0 saturated heterocycles. The molecule has 0 spiro atoms. The zero-order valence-corrected chi connectivity index (χ0v) is 20.3. The third-order valence-corrected chi connectivity index (χ3v) is 6.07. The summed E-state index contributed by atoms with van der Waals surface area (Å²) in [7, 11) is 0. The van der Waals surface area contributed by atoms with Crippen LogP contribution in [-0.2, 0) is 35.5 Å². The molecule has 1 heterocycles. The van der Waals surface area contributed by atoms with E-state index in [-0.39, 0.29) is 37.1 Å². The summed E-state index contributed by atoms with van der Waals surface area (Å²) in [6.45, 7) is 0.352. The molecule has 4 rings (SSSR count). The van der Waals surface area contributed by atoms with Crippen molar-refractivity contribution in [1.29, 1.82) is 0 Å². The number of furan rings is 1. The van der Waals surface area contributed by atoms with Crippen LogP contribution in [0.1, 0.15) is 22.5 Å². The number of nitrogens with zero attached hydrogens (tertiary/aromatic N) is 1. The summed E-state index contributed by atoms with van der Waals surface area (Å²) in [5.74, 6) is -0.285. The maximum Gasteiger partial charge on any atom is 0.243 e. The second kappa shape index (κ2) is 12.2. The highest BCUT2D eigenvalue weighted by atomic mass is 35.5. The first-order chi connectivity index (χ1) is 17.5. The van der Waals surface area contributed by atoms with Crippen LogP contribution in [-0.4, -0.2) is 22.8 Å². The van der Waals surface area contributed by atoms with Gasteiger partial charge in [-0.2, -0.15) is 0 Å². The van der Waals surface area contributed by atoms with Crippen LogP contribution in [0.5, 0.6) is 0 Å². The van der Waals surface area contributed by atoms with Gasteiger partial charge in [0.1, 0.15) is 17.6 Å². The Bertz CT molecular complexity index is 1260. The lowest BCUT2D eigenvalue weighted by atomic mass is 10.0. The fourth-order valence-corrected chi connectivity index (χ4v) is 4.05. The predicted octanol–water partition coefficient (Wildman–Crippen LogP) is 5.57. The second-order valence-electron chi connectivity index (χ2n) is 8.45. The van der Waals surface area contributed by atoms with E-state index in [0.717, 1.165) is 16.7 Å². The first kappa shape index (κ1) is 25.2. The molecule has 0 bridgehead atoms. The van der Waals surface area contributed by atoms with Gasteiger partial charge in [-0.15, -0.1) is 0 Å². The van der Waals surface area contributed by atoms with Crippen molar-refractivity contribution in [3.63, 3.8) is 0 Å². The van der Waals surface area contributed by atoms with Gasteiger partial charge in [0.25, 0.3) is 0 Å². The van der Waals surface area contributed by atoms with Crippen molar-refractivity contribution in [1.82, 2.24) is 10.2 Å². The molecule has 0 fully saturated rings. The normalized spacial score (nSPS) is 11.6. The fraction of sp³-hybridized carbons (Fsp3) is 0.172. The Labute approximate surface area is 214 Å². The minimum Gasteiger partial charge on any atom is -0.467 e. The smallest absolute Gasteiger partial charge is 0.243 e. The van der Waals surface area contributed by atoms with Crippen LogP contribution < -0.4 is 5.32 Å². The molecule has 7 heteroatoms. The van der Waals surface area contributed by atoms with Crippen molar-refractivity contribution >= 4 is 23.4 Å². The molecule has 1 N–H and O–H groups in total. The van der Waals surface area contributed by atoms with E-state index in [1.54, 1.807) is 59.7 Å². The number of rotatable bonds is 10. The molecule has 0 aliphatic carbocycles. The second-order valence-corrected chi connectivity index (χ2v) is 8.89. The van der Waals surface area contributed by atoms with Gasteiger partial charge in [-0.05, 0) is 53.1 Å². The van der Waals surface area contributed by atoms with E-state index in [0.29, 0.717) is 17.2 Å². The van der Waals surface area contributed by atoms with Crippen molar-refractivity contribution in [2.75, 3.05) is 0 Å². The molecule has 1 unspecified atom stereocenters. The van der Waals surface area contributed by atoms with E-state index in [1.165, 1.54) is 12.1 Å². The zero-order chi connectivity index (χ0) is 25.3. The summed E-state index contributed by atoms with van der Waals surface area (Å²) < 4.78 is 18.9. The van der Waals surface area contributed by atoms with Crippen LogP contribution in [0.2, 0.25) is 5.02 Å². The molecular formula is C29H26ClFN2O3. The molecule has 1 aromatic heterocycles. The van der Waals surface area contributed by atoms with Crippen LogP contribution in [0, 0.1) is 5.82 Å². The van der Waals surface area contributed by atoms with Gasteiger partial charge < -0.3 is 14.6 Å². The highest BCUT2D eigenvalue weighted by molar-refractivity contribution is 6.30. The number of hydrogen-bond acceptors (Lipinski definition) is 3. The van der Waals surface area contributed by atoms with Gasteiger partial charge in [0.15, 0.2) is 0 Å². The average Bonchev–Trinajstić information content (AvgIpc) is 3.41. The number of carbonyl (C=O) groups is 2. The van der Waals surface area contributed by atoms with Crippen LogP contribution in [0.3, 0.4) is 0 Å². The zero-order valence-electron chi connectivity index (χ0n) is 19.6. The topological polar surface area (TPSA) is 62.6 Å². The molecule has 0 radical (unpaired) electrons. The fourth-order valence-electron chi connectivity index (χ4n) is 3.92. The predicted molar refractivity (Wildman–Crippen MR) is 137 cm³/mol. The van der Waals surface area contributed by atoms with Gasteiger partial charge in [-0.3, -0.25) is 9.59 Å². The summed E-state index contributed by atoms with van der Waals surface area (Å²) in [6, 6.07) is 25.2. The standard InChI is InChI=1S/C29H26ClFN2O3/c30-24-12-8-22(9-13-24)18-28(34)33(20-23-10-14-25(31)15-11-23)27(17-21-5-2-1-3-6-21)29(35)32-19-26-7-4-16-36-26/h1-16,27H,17-20H2,(H,32,35). The number of carbonyl (C=O) groups excluding carboxylic acids is 2. The molecule has 36 heavy (non-hydrogen) atoms. The lowest BCUT2D eigenvalue weighted by Gasteiger charge is -2.31. The van der Waals surface area contributed by atoms with Gasteiger partial charge in [0.05, 0.1) is 19.2 Å². The van der Waals surface area contributed by atoms with E-state index in [1.807, 2.05) is 30.3 Å². The Morgan fingerprint density at radius 1 is 0.861 bits per heavy atom. The first-order valence-electron chi connectivity index (χ1n) is 11.6. The number of halogens is 2. The molecule has 0 aliphatic rings. The minimum atomic E-state index is -0.799. The molecule has 5 nitrogen and oxygen atoms in total. The molecule has 0 aliphatic heterocycles. The largest absolute Gasteiger partial charge is 0.467 e. The van der Waals surface area contributed by atoms with E-state index < -0.39 is 6.04 Å². The van der Waals surface area contributed by atoms with Crippen molar-refractivity contribution < 1.29 is 18.4 Å². The maximum absolute atomic E-state index is 13.7. The van der Waals surface area contributed by atoms with E-state index in [4.69, 9.17) is 16.0 Å². The lowest BCUT2D eigenvalue weighted by Crippen LogP contribution is -2.50. The van der Waals surface area contributed by atoms with E-state index in [2.05, 4.69) is 5.32 Å². The van der Waals surface area contributed by atoms with Crippen LogP contribution >= 0.6 is 11.6 Å². The third-order valence-electron chi connectivity index (χ3n) is 5.82. The Hall–Kier alpha value is -3.90. The van der Waals surface area contributed by atoms with Gasteiger partial charge in [-0.25, -0.2) is 4.39 Å². The number of benzene rings is 3. The van der Waals surface area contributed by atoms with Crippen LogP contribution in [0.4, 0.5) is 4.39 Å². The number of amides is 2. The van der Waals surface area contributed by atoms with Crippen molar-refractivity contribution in [3.8, 4) is 0 Å². The summed E-state index contributed by atoms with van der Waals surface area (Å²) in [6.07, 6.45) is 1.95. The van der Waals surface area contributed by atoms with Crippen molar-refractivity contribution in [3.05, 3.63) is 131 Å². The van der Waals surface area contributed by atoms with Crippen LogP contribution in [0.25, 0.3) is 0 Å². The monoisotopic (exact) mass is 504 g/mol. The SMILES string of the molecule is O=C(NCc1ccco1)C(Cc1ccccc1)N(Cc1ccc(F)cc1)C(=O)Cc1ccc(Cl)cc1. The van der Waals surface area contributed by atoms with E-state index >= 15 is 0 Å². The number of nitrogens with one attached hydrogen (secondary N) is 1. The summed E-state index contributed by atoms with van der Waals surface area (Å²) in [5, 5.41) is 3.48. The Morgan fingerprint density at radius 2 is 1.56 bits per heavy atom.